The van der Waals surface area contributed by atoms with E-state index in [0.29, 0.717) is 10.2 Å². The Morgan fingerprint density at radius 2 is 1.93 bits per heavy atom. The highest BCUT2D eigenvalue weighted by Crippen LogP contribution is 2.29. The van der Waals surface area contributed by atoms with E-state index in [4.69, 9.17) is 11.6 Å². The van der Waals surface area contributed by atoms with Crippen molar-refractivity contribution >= 4 is 50.1 Å². The average molecular weight is 408 g/mol. The molecule has 9 heteroatoms. The summed E-state index contributed by atoms with van der Waals surface area (Å²) in [6.45, 7) is 0.417. The van der Waals surface area contributed by atoms with E-state index in [2.05, 4.69) is 10.3 Å². The standard InChI is InChI=1S/C18H12ClF2N3O2S/c19-11-2-4-14-15(6-11)27-18(22-14)23-16(25)10-7-24(8-10)17(26)9-1-3-12(20)13(21)5-9/h1-6,10H,7-8H2,(H,22,23,25). The molecule has 1 aromatic heterocycles. The minimum Gasteiger partial charge on any atom is -0.337 e. The van der Waals surface area contributed by atoms with Crippen molar-refractivity contribution in [2.75, 3.05) is 18.4 Å². The van der Waals surface area contributed by atoms with Crippen LogP contribution in [0, 0.1) is 17.6 Å². The zero-order valence-electron chi connectivity index (χ0n) is 13.7. The highest BCUT2D eigenvalue weighted by molar-refractivity contribution is 7.22. The number of likely N-dealkylation sites (tertiary alicyclic amines) is 1. The molecule has 27 heavy (non-hydrogen) atoms. The van der Waals surface area contributed by atoms with Gasteiger partial charge in [-0.1, -0.05) is 22.9 Å². The lowest BCUT2D eigenvalue weighted by Gasteiger charge is -2.38. The van der Waals surface area contributed by atoms with Crippen LogP contribution < -0.4 is 5.32 Å². The topological polar surface area (TPSA) is 62.3 Å². The first kappa shape index (κ1) is 17.8. The number of thiazole rings is 1. The van der Waals surface area contributed by atoms with Crippen molar-refractivity contribution in [1.82, 2.24) is 9.88 Å². The van der Waals surface area contributed by atoms with Crippen molar-refractivity contribution in [2.45, 2.75) is 0 Å². The second-order valence-corrected chi connectivity index (χ2v) is 7.62. The number of amides is 2. The molecule has 0 bridgehead atoms. The van der Waals surface area contributed by atoms with Crippen LogP contribution in [-0.2, 0) is 4.79 Å². The van der Waals surface area contributed by atoms with Gasteiger partial charge >= 0.3 is 0 Å². The normalized spacial score (nSPS) is 14.3. The number of benzene rings is 2. The number of hydrogen-bond donors (Lipinski definition) is 1. The molecule has 1 aliphatic rings. The Balaban J connectivity index is 1.37. The van der Waals surface area contributed by atoms with E-state index in [-0.39, 0.29) is 30.5 Å². The van der Waals surface area contributed by atoms with Crippen LogP contribution in [0.1, 0.15) is 10.4 Å². The maximum absolute atomic E-state index is 13.3. The summed E-state index contributed by atoms with van der Waals surface area (Å²) in [5, 5.41) is 3.80. The number of hydrogen-bond acceptors (Lipinski definition) is 4. The van der Waals surface area contributed by atoms with Crippen LogP contribution in [0.25, 0.3) is 10.2 Å². The van der Waals surface area contributed by atoms with Gasteiger partial charge in [-0.2, -0.15) is 0 Å². The number of rotatable bonds is 3. The van der Waals surface area contributed by atoms with Gasteiger partial charge in [0.25, 0.3) is 5.91 Å². The molecule has 1 N–H and O–H groups in total. The molecule has 0 unspecified atom stereocenters. The van der Waals surface area contributed by atoms with E-state index < -0.39 is 17.5 Å². The molecule has 1 fully saturated rings. The highest BCUT2D eigenvalue weighted by atomic mass is 35.5. The first-order valence-electron chi connectivity index (χ1n) is 8.02. The fourth-order valence-corrected chi connectivity index (χ4v) is 3.93. The predicted octanol–water partition coefficient (Wildman–Crippen LogP) is 3.94. The van der Waals surface area contributed by atoms with Crippen molar-refractivity contribution in [3.8, 4) is 0 Å². The van der Waals surface area contributed by atoms with Crippen LogP contribution in [0.4, 0.5) is 13.9 Å². The Bertz CT molecular complexity index is 1070. The predicted molar refractivity (Wildman–Crippen MR) is 99.0 cm³/mol. The average Bonchev–Trinajstić information content (AvgIpc) is 2.97. The van der Waals surface area contributed by atoms with E-state index in [1.54, 1.807) is 18.2 Å². The molecule has 1 saturated heterocycles. The van der Waals surface area contributed by atoms with Gasteiger partial charge in [-0.25, -0.2) is 13.8 Å². The van der Waals surface area contributed by atoms with Gasteiger partial charge in [-0.15, -0.1) is 0 Å². The Hall–Kier alpha value is -2.58. The van der Waals surface area contributed by atoms with Gasteiger partial charge in [0.15, 0.2) is 16.8 Å². The summed E-state index contributed by atoms with van der Waals surface area (Å²) >= 11 is 7.25. The maximum Gasteiger partial charge on any atom is 0.254 e. The van der Waals surface area contributed by atoms with E-state index in [9.17, 15) is 18.4 Å². The van der Waals surface area contributed by atoms with Gasteiger partial charge < -0.3 is 10.2 Å². The van der Waals surface area contributed by atoms with E-state index >= 15 is 0 Å². The van der Waals surface area contributed by atoms with Gasteiger partial charge in [0, 0.05) is 23.7 Å². The minimum atomic E-state index is -1.08. The molecule has 5 nitrogen and oxygen atoms in total. The summed E-state index contributed by atoms with van der Waals surface area (Å²) in [6.07, 6.45) is 0. The third-order valence-electron chi connectivity index (χ3n) is 4.29. The highest BCUT2D eigenvalue weighted by Gasteiger charge is 2.36. The van der Waals surface area contributed by atoms with Crippen molar-refractivity contribution in [2.24, 2.45) is 5.92 Å². The van der Waals surface area contributed by atoms with Crippen LogP contribution in [-0.4, -0.2) is 34.8 Å². The van der Waals surface area contributed by atoms with E-state index in [1.165, 1.54) is 22.3 Å². The molecule has 2 heterocycles. The number of nitrogens with zero attached hydrogens (tertiary/aromatic N) is 2. The second kappa shape index (κ2) is 6.86. The third-order valence-corrected chi connectivity index (χ3v) is 5.46. The maximum atomic E-state index is 13.3. The summed E-state index contributed by atoms with van der Waals surface area (Å²) in [4.78, 5) is 30.3. The third kappa shape index (κ3) is 3.50. The summed E-state index contributed by atoms with van der Waals surface area (Å²) in [5.41, 5.74) is 0.791. The lowest BCUT2D eigenvalue weighted by Crippen LogP contribution is -2.54. The summed E-state index contributed by atoms with van der Waals surface area (Å²) in [6, 6.07) is 8.26. The Labute approximate surface area is 161 Å². The quantitative estimate of drug-likeness (QED) is 0.715. The van der Waals surface area contributed by atoms with Gasteiger partial charge in [0.05, 0.1) is 16.1 Å². The molecule has 3 aromatic rings. The molecule has 0 saturated carbocycles. The molecule has 0 aliphatic carbocycles. The summed E-state index contributed by atoms with van der Waals surface area (Å²) < 4.78 is 27.1. The number of aromatic nitrogens is 1. The fourth-order valence-electron chi connectivity index (χ4n) is 2.78. The molecular formula is C18H12ClF2N3O2S. The van der Waals surface area contributed by atoms with Gasteiger partial charge in [-0.3, -0.25) is 9.59 Å². The second-order valence-electron chi connectivity index (χ2n) is 6.16. The fraction of sp³-hybridized carbons (Fsp3) is 0.167. The van der Waals surface area contributed by atoms with Gasteiger partial charge in [0.1, 0.15) is 0 Å². The Morgan fingerprint density at radius 1 is 1.15 bits per heavy atom. The molecule has 138 valence electrons. The lowest BCUT2D eigenvalue weighted by atomic mass is 9.98. The largest absolute Gasteiger partial charge is 0.337 e. The molecule has 0 spiro atoms. The first-order chi connectivity index (χ1) is 12.9. The summed E-state index contributed by atoms with van der Waals surface area (Å²) in [7, 11) is 0. The molecule has 2 aromatic carbocycles. The van der Waals surface area contributed by atoms with Crippen molar-refractivity contribution in [1.29, 1.82) is 0 Å². The number of halogens is 3. The zero-order valence-corrected chi connectivity index (χ0v) is 15.3. The smallest absolute Gasteiger partial charge is 0.254 e. The number of carbonyl (C=O) groups is 2. The number of nitrogens with one attached hydrogen (secondary N) is 1. The lowest BCUT2D eigenvalue weighted by molar-refractivity contribution is -0.123. The van der Waals surface area contributed by atoms with Crippen LogP contribution in [0.2, 0.25) is 5.02 Å². The van der Waals surface area contributed by atoms with Crippen LogP contribution in [0.3, 0.4) is 0 Å². The molecular weight excluding hydrogens is 396 g/mol. The zero-order chi connectivity index (χ0) is 19.1. The Kier molecular flexibility index (Phi) is 4.53. The number of carbonyl (C=O) groups excluding carboxylic acids is 2. The SMILES string of the molecule is O=C(Nc1nc2ccc(Cl)cc2s1)C1CN(C(=O)c2ccc(F)c(F)c2)C1. The van der Waals surface area contributed by atoms with Crippen molar-refractivity contribution in [3.63, 3.8) is 0 Å². The first-order valence-corrected chi connectivity index (χ1v) is 9.21. The van der Waals surface area contributed by atoms with Crippen LogP contribution >= 0.6 is 22.9 Å². The van der Waals surface area contributed by atoms with E-state index in [0.717, 1.165) is 22.3 Å². The molecule has 0 radical (unpaired) electrons. The van der Waals surface area contributed by atoms with Crippen molar-refractivity contribution in [3.05, 3.63) is 58.6 Å². The molecule has 0 atom stereocenters. The number of anilines is 1. The minimum absolute atomic E-state index is 0.0517. The van der Waals surface area contributed by atoms with Crippen LogP contribution in [0.5, 0.6) is 0 Å². The molecule has 4 rings (SSSR count). The Morgan fingerprint density at radius 3 is 2.67 bits per heavy atom. The molecule has 1 aliphatic heterocycles. The van der Waals surface area contributed by atoms with Crippen LogP contribution in [0.15, 0.2) is 36.4 Å². The van der Waals surface area contributed by atoms with E-state index in [1.807, 2.05) is 0 Å². The monoisotopic (exact) mass is 407 g/mol. The number of fused-ring (bicyclic) bond motifs is 1. The molecule has 2 amide bonds. The summed E-state index contributed by atoms with van der Waals surface area (Å²) in [5.74, 6) is -3.15. The van der Waals surface area contributed by atoms with Crippen molar-refractivity contribution < 1.29 is 18.4 Å². The van der Waals surface area contributed by atoms with Gasteiger partial charge in [0.2, 0.25) is 5.91 Å². The van der Waals surface area contributed by atoms with Gasteiger partial charge in [-0.05, 0) is 36.4 Å².